The van der Waals surface area contributed by atoms with Crippen LogP contribution in [0.4, 0.5) is 0 Å². The van der Waals surface area contributed by atoms with Crippen molar-refractivity contribution in [1.29, 1.82) is 0 Å². The molecule has 1 aliphatic rings. The molecule has 1 aliphatic carbocycles. The minimum Gasteiger partial charge on any atom is -0.481 e. The van der Waals surface area contributed by atoms with Gasteiger partial charge in [-0.3, -0.25) is 4.79 Å². The van der Waals surface area contributed by atoms with Crippen LogP contribution in [0.2, 0.25) is 5.02 Å². The highest BCUT2D eigenvalue weighted by atomic mass is 35.5. The standard InChI is InChI=1S/C13H12ClNO2/c14-8-2-4-10-9-3-1-7(13(16)17)5-11(9)15-12(10)6-8/h2,4,6-7,15H,1,3,5H2,(H,16,17)/t7-/m1/s1. The SMILES string of the molecule is O=C(O)[C@@H]1CCc2c([nH]c3cc(Cl)ccc23)C1. The van der Waals surface area contributed by atoms with Crippen LogP contribution in [0.15, 0.2) is 18.2 Å². The fourth-order valence-electron chi connectivity index (χ4n) is 2.62. The first-order valence-corrected chi connectivity index (χ1v) is 6.04. The minimum atomic E-state index is -0.702. The average Bonchev–Trinajstić information content (AvgIpc) is 2.64. The van der Waals surface area contributed by atoms with Gasteiger partial charge >= 0.3 is 5.97 Å². The summed E-state index contributed by atoms with van der Waals surface area (Å²) in [6, 6.07) is 5.78. The Morgan fingerprint density at radius 2 is 2.29 bits per heavy atom. The number of carboxylic acids is 1. The zero-order valence-electron chi connectivity index (χ0n) is 9.16. The van der Waals surface area contributed by atoms with Crippen molar-refractivity contribution in [3.8, 4) is 0 Å². The monoisotopic (exact) mass is 249 g/mol. The Morgan fingerprint density at radius 1 is 1.47 bits per heavy atom. The Labute approximate surface area is 103 Å². The largest absolute Gasteiger partial charge is 0.481 e. The molecule has 0 unspecified atom stereocenters. The Morgan fingerprint density at radius 3 is 3.06 bits per heavy atom. The number of hydrogen-bond donors (Lipinski definition) is 2. The van der Waals surface area contributed by atoms with Crippen molar-refractivity contribution in [2.75, 3.05) is 0 Å². The van der Waals surface area contributed by atoms with Crippen molar-refractivity contribution in [3.05, 3.63) is 34.5 Å². The highest BCUT2D eigenvalue weighted by Gasteiger charge is 2.26. The predicted octanol–water partition coefficient (Wildman–Crippen LogP) is 3.01. The van der Waals surface area contributed by atoms with Crippen molar-refractivity contribution in [2.24, 2.45) is 5.92 Å². The van der Waals surface area contributed by atoms with Crippen LogP contribution >= 0.6 is 11.6 Å². The van der Waals surface area contributed by atoms with E-state index in [1.54, 1.807) is 0 Å². The molecule has 1 aromatic heterocycles. The number of fused-ring (bicyclic) bond motifs is 3. The van der Waals surface area contributed by atoms with Crippen LogP contribution in [0.25, 0.3) is 10.9 Å². The molecule has 1 heterocycles. The molecule has 88 valence electrons. The van der Waals surface area contributed by atoms with Crippen LogP contribution < -0.4 is 0 Å². The smallest absolute Gasteiger partial charge is 0.306 e. The fourth-order valence-corrected chi connectivity index (χ4v) is 2.79. The van der Waals surface area contributed by atoms with Crippen LogP contribution in [0.5, 0.6) is 0 Å². The van der Waals surface area contributed by atoms with E-state index in [4.69, 9.17) is 16.7 Å². The number of H-pyrrole nitrogens is 1. The number of carboxylic acid groups (broad SMARTS) is 1. The second-order valence-electron chi connectivity index (χ2n) is 4.55. The van der Waals surface area contributed by atoms with Gasteiger partial charge in [0.15, 0.2) is 0 Å². The Kier molecular flexibility index (Phi) is 2.37. The summed E-state index contributed by atoms with van der Waals surface area (Å²) in [4.78, 5) is 14.3. The first kappa shape index (κ1) is 10.7. The van der Waals surface area contributed by atoms with Crippen molar-refractivity contribution in [2.45, 2.75) is 19.3 Å². The summed E-state index contributed by atoms with van der Waals surface area (Å²) in [5, 5.41) is 10.9. The van der Waals surface area contributed by atoms with Crippen LogP contribution in [-0.2, 0) is 17.6 Å². The number of carbonyl (C=O) groups is 1. The molecule has 1 aromatic carbocycles. The topological polar surface area (TPSA) is 53.1 Å². The number of rotatable bonds is 1. The normalized spacial score (nSPS) is 19.2. The third-order valence-corrected chi connectivity index (χ3v) is 3.73. The predicted molar refractivity (Wildman–Crippen MR) is 66.5 cm³/mol. The van der Waals surface area contributed by atoms with Crippen molar-refractivity contribution in [1.82, 2.24) is 4.98 Å². The number of nitrogens with one attached hydrogen (secondary N) is 1. The van der Waals surface area contributed by atoms with Gasteiger partial charge in [0.05, 0.1) is 5.92 Å². The Bertz CT molecular complexity index is 603. The van der Waals surface area contributed by atoms with Gasteiger partial charge in [-0.15, -0.1) is 0 Å². The van der Waals surface area contributed by atoms with Gasteiger partial charge < -0.3 is 10.1 Å². The lowest BCUT2D eigenvalue weighted by atomic mass is 9.87. The lowest BCUT2D eigenvalue weighted by Crippen LogP contribution is -2.21. The molecular formula is C13H12ClNO2. The molecule has 1 atom stereocenters. The van der Waals surface area contributed by atoms with Gasteiger partial charge in [-0.1, -0.05) is 17.7 Å². The average molecular weight is 250 g/mol. The van der Waals surface area contributed by atoms with E-state index in [0.717, 1.165) is 24.1 Å². The van der Waals surface area contributed by atoms with Gasteiger partial charge in [-0.05, 0) is 30.5 Å². The molecule has 3 nitrogen and oxygen atoms in total. The maximum absolute atomic E-state index is 11.0. The molecule has 0 spiro atoms. The van der Waals surface area contributed by atoms with Crippen LogP contribution in [0.1, 0.15) is 17.7 Å². The van der Waals surface area contributed by atoms with Crippen LogP contribution in [0.3, 0.4) is 0 Å². The third kappa shape index (κ3) is 1.71. The quantitative estimate of drug-likeness (QED) is 0.816. The number of hydrogen-bond acceptors (Lipinski definition) is 1. The zero-order chi connectivity index (χ0) is 12.0. The number of aromatic nitrogens is 1. The summed E-state index contributed by atoms with van der Waals surface area (Å²) in [6.45, 7) is 0. The first-order valence-electron chi connectivity index (χ1n) is 5.67. The molecule has 0 fully saturated rings. The second kappa shape index (κ2) is 3.77. The molecule has 0 saturated carbocycles. The molecule has 4 heteroatoms. The van der Waals surface area contributed by atoms with Crippen molar-refractivity contribution < 1.29 is 9.90 Å². The van der Waals surface area contributed by atoms with Gasteiger partial charge in [-0.25, -0.2) is 0 Å². The molecule has 0 saturated heterocycles. The maximum Gasteiger partial charge on any atom is 0.306 e. The molecule has 0 amide bonds. The summed E-state index contributed by atoms with van der Waals surface area (Å²) in [6.07, 6.45) is 2.14. The summed E-state index contributed by atoms with van der Waals surface area (Å²) in [5.41, 5.74) is 3.32. The highest BCUT2D eigenvalue weighted by molar-refractivity contribution is 6.31. The first-order chi connectivity index (χ1) is 8.15. The summed E-state index contributed by atoms with van der Waals surface area (Å²) >= 11 is 5.95. The van der Waals surface area contributed by atoms with Gasteiger partial charge in [0.2, 0.25) is 0 Å². The molecule has 0 radical (unpaired) electrons. The van der Waals surface area contributed by atoms with Crippen molar-refractivity contribution in [3.63, 3.8) is 0 Å². The number of aryl methyl sites for hydroxylation is 1. The van der Waals surface area contributed by atoms with E-state index in [2.05, 4.69) is 4.98 Å². The fraction of sp³-hybridized carbons (Fsp3) is 0.308. The van der Waals surface area contributed by atoms with E-state index in [0.29, 0.717) is 11.4 Å². The molecular weight excluding hydrogens is 238 g/mol. The Hall–Kier alpha value is -1.48. The molecule has 2 aromatic rings. The van der Waals surface area contributed by atoms with E-state index < -0.39 is 5.97 Å². The van der Waals surface area contributed by atoms with Crippen LogP contribution in [-0.4, -0.2) is 16.1 Å². The van der Waals surface area contributed by atoms with Gasteiger partial charge in [0.25, 0.3) is 0 Å². The van der Waals surface area contributed by atoms with E-state index in [1.165, 1.54) is 10.9 Å². The third-order valence-electron chi connectivity index (χ3n) is 3.50. The summed E-state index contributed by atoms with van der Waals surface area (Å²) in [7, 11) is 0. The second-order valence-corrected chi connectivity index (χ2v) is 4.99. The number of aliphatic carboxylic acids is 1. The highest BCUT2D eigenvalue weighted by Crippen LogP contribution is 2.32. The molecule has 0 aliphatic heterocycles. The molecule has 3 rings (SSSR count). The van der Waals surface area contributed by atoms with Gasteiger partial charge in [0.1, 0.15) is 0 Å². The van der Waals surface area contributed by atoms with E-state index in [9.17, 15) is 4.79 Å². The van der Waals surface area contributed by atoms with Gasteiger partial charge in [0, 0.05) is 28.0 Å². The van der Waals surface area contributed by atoms with E-state index in [-0.39, 0.29) is 5.92 Å². The summed E-state index contributed by atoms with van der Waals surface area (Å²) < 4.78 is 0. The molecule has 0 bridgehead atoms. The number of benzene rings is 1. The lowest BCUT2D eigenvalue weighted by molar-refractivity contribution is -0.142. The number of halogens is 1. The zero-order valence-corrected chi connectivity index (χ0v) is 9.92. The number of aromatic amines is 1. The van der Waals surface area contributed by atoms with Crippen molar-refractivity contribution >= 4 is 28.5 Å². The Balaban J connectivity index is 2.09. The molecule has 2 N–H and O–H groups in total. The van der Waals surface area contributed by atoms with Crippen LogP contribution in [0, 0.1) is 5.92 Å². The molecule has 17 heavy (non-hydrogen) atoms. The van der Waals surface area contributed by atoms with E-state index >= 15 is 0 Å². The maximum atomic E-state index is 11.0. The lowest BCUT2D eigenvalue weighted by Gasteiger charge is -2.18. The van der Waals surface area contributed by atoms with E-state index in [1.807, 2.05) is 18.2 Å². The summed E-state index contributed by atoms with van der Waals surface area (Å²) in [5.74, 6) is -0.960. The van der Waals surface area contributed by atoms with Gasteiger partial charge in [-0.2, -0.15) is 0 Å². The minimum absolute atomic E-state index is 0.258.